The van der Waals surface area contributed by atoms with E-state index in [-0.39, 0.29) is 11.9 Å². The highest BCUT2D eigenvalue weighted by atomic mass is 35.5. The molecule has 0 saturated heterocycles. The van der Waals surface area contributed by atoms with Crippen molar-refractivity contribution in [1.82, 2.24) is 10.6 Å². The van der Waals surface area contributed by atoms with Crippen LogP contribution in [-0.2, 0) is 4.79 Å². The van der Waals surface area contributed by atoms with Crippen LogP contribution in [0.1, 0.15) is 19.8 Å². The van der Waals surface area contributed by atoms with E-state index in [2.05, 4.69) is 10.6 Å². The number of urea groups is 1. The van der Waals surface area contributed by atoms with Gasteiger partial charge in [0.15, 0.2) is 0 Å². The maximum Gasteiger partial charge on any atom is 0.315 e. The van der Waals surface area contributed by atoms with Crippen LogP contribution >= 0.6 is 23.2 Å². The van der Waals surface area contributed by atoms with Gasteiger partial charge in [-0.15, -0.1) is 0 Å². The fourth-order valence-electron chi connectivity index (χ4n) is 1.89. The molecule has 1 aromatic rings. The topological polar surface area (TPSA) is 61.4 Å². The number of halogens is 2. The molecule has 7 heteroatoms. The summed E-state index contributed by atoms with van der Waals surface area (Å²) in [6.45, 7) is 2.11. The number of amides is 3. The van der Waals surface area contributed by atoms with Gasteiger partial charge in [-0.2, -0.15) is 0 Å². The molecule has 2 rings (SSSR count). The SMILES string of the molecule is CC(=O)N(CCNC(=O)NC1CC1)c1cccc(Cl)c1Cl. The van der Waals surface area contributed by atoms with Crippen LogP contribution in [0.2, 0.25) is 10.0 Å². The smallest absolute Gasteiger partial charge is 0.315 e. The zero-order chi connectivity index (χ0) is 15.4. The van der Waals surface area contributed by atoms with E-state index in [4.69, 9.17) is 23.2 Å². The normalized spacial score (nSPS) is 13.7. The average Bonchev–Trinajstić information content (AvgIpc) is 3.22. The number of benzene rings is 1. The zero-order valence-electron chi connectivity index (χ0n) is 11.7. The van der Waals surface area contributed by atoms with Crippen molar-refractivity contribution in [2.24, 2.45) is 0 Å². The lowest BCUT2D eigenvalue weighted by Gasteiger charge is -2.23. The Morgan fingerprint density at radius 2 is 2.05 bits per heavy atom. The number of nitrogens with zero attached hydrogens (tertiary/aromatic N) is 1. The molecule has 0 unspecified atom stereocenters. The van der Waals surface area contributed by atoms with Gasteiger partial charge in [0, 0.05) is 26.1 Å². The minimum atomic E-state index is -0.210. The first-order valence-corrected chi connectivity index (χ1v) is 7.51. The molecule has 0 bridgehead atoms. The molecule has 1 aliphatic rings. The molecule has 0 aliphatic heterocycles. The van der Waals surface area contributed by atoms with Gasteiger partial charge in [-0.3, -0.25) is 4.79 Å². The number of hydrogen-bond donors (Lipinski definition) is 2. The highest BCUT2D eigenvalue weighted by molar-refractivity contribution is 6.44. The Morgan fingerprint density at radius 1 is 1.33 bits per heavy atom. The first kappa shape index (κ1) is 15.9. The molecule has 1 aromatic carbocycles. The third kappa shape index (κ3) is 4.51. The monoisotopic (exact) mass is 329 g/mol. The predicted molar refractivity (Wildman–Crippen MR) is 84.0 cm³/mol. The minimum Gasteiger partial charge on any atom is -0.336 e. The zero-order valence-corrected chi connectivity index (χ0v) is 13.2. The van der Waals surface area contributed by atoms with Crippen molar-refractivity contribution in [3.63, 3.8) is 0 Å². The number of carbonyl (C=O) groups excluding carboxylic acids is 2. The van der Waals surface area contributed by atoms with Crippen LogP contribution in [0.25, 0.3) is 0 Å². The number of rotatable bonds is 5. The van der Waals surface area contributed by atoms with Crippen molar-refractivity contribution in [3.8, 4) is 0 Å². The average molecular weight is 330 g/mol. The fourth-order valence-corrected chi connectivity index (χ4v) is 2.29. The highest BCUT2D eigenvalue weighted by Crippen LogP contribution is 2.32. The summed E-state index contributed by atoms with van der Waals surface area (Å²) in [7, 11) is 0. The molecule has 2 N–H and O–H groups in total. The van der Waals surface area contributed by atoms with Gasteiger partial charge < -0.3 is 15.5 Å². The van der Waals surface area contributed by atoms with E-state index in [0.29, 0.717) is 34.9 Å². The van der Waals surface area contributed by atoms with E-state index < -0.39 is 0 Å². The van der Waals surface area contributed by atoms with E-state index in [9.17, 15) is 9.59 Å². The van der Waals surface area contributed by atoms with Crippen molar-refractivity contribution in [2.45, 2.75) is 25.8 Å². The highest BCUT2D eigenvalue weighted by Gasteiger charge is 2.23. The lowest BCUT2D eigenvalue weighted by Crippen LogP contribution is -2.42. The summed E-state index contributed by atoms with van der Waals surface area (Å²) in [5.41, 5.74) is 0.543. The summed E-state index contributed by atoms with van der Waals surface area (Å²) >= 11 is 12.1. The molecule has 1 aliphatic carbocycles. The van der Waals surface area contributed by atoms with Crippen molar-refractivity contribution in [1.29, 1.82) is 0 Å². The van der Waals surface area contributed by atoms with Crippen molar-refractivity contribution in [2.75, 3.05) is 18.0 Å². The molecule has 3 amide bonds. The third-order valence-corrected chi connectivity index (χ3v) is 3.94. The Bertz CT molecular complexity index is 547. The van der Waals surface area contributed by atoms with E-state index in [1.165, 1.54) is 11.8 Å². The van der Waals surface area contributed by atoms with Crippen molar-refractivity contribution >= 4 is 40.8 Å². The molecule has 5 nitrogen and oxygen atoms in total. The maximum atomic E-state index is 11.8. The van der Waals surface area contributed by atoms with Gasteiger partial charge in [-0.1, -0.05) is 29.3 Å². The van der Waals surface area contributed by atoms with Crippen molar-refractivity contribution in [3.05, 3.63) is 28.2 Å². The molecule has 0 radical (unpaired) electrons. The quantitative estimate of drug-likeness (QED) is 0.872. The molecule has 0 spiro atoms. The molecular weight excluding hydrogens is 313 g/mol. The summed E-state index contributed by atoms with van der Waals surface area (Å²) in [5.74, 6) is -0.163. The van der Waals surface area contributed by atoms with Crippen LogP contribution in [-0.4, -0.2) is 31.1 Å². The third-order valence-electron chi connectivity index (χ3n) is 3.14. The molecule has 0 heterocycles. The van der Waals surface area contributed by atoms with Crippen LogP contribution in [0.3, 0.4) is 0 Å². The van der Waals surface area contributed by atoms with Gasteiger partial charge in [0.2, 0.25) is 5.91 Å². The molecular formula is C14H17Cl2N3O2. The van der Waals surface area contributed by atoms with Crippen LogP contribution < -0.4 is 15.5 Å². The standard InChI is InChI=1S/C14H17Cl2N3O2/c1-9(20)19(12-4-2-3-11(15)13(12)16)8-7-17-14(21)18-10-5-6-10/h2-4,10H,5-8H2,1H3,(H2,17,18,21). The van der Waals surface area contributed by atoms with Crippen molar-refractivity contribution < 1.29 is 9.59 Å². The maximum absolute atomic E-state index is 11.8. The lowest BCUT2D eigenvalue weighted by molar-refractivity contribution is -0.116. The van der Waals surface area contributed by atoms with Gasteiger partial charge in [0.1, 0.15) is 0 Å². The van der Waals surface area contributed by atoms with E-state index in [0.717, 1.165) is 12.8 Å². The van der Waals surface area contributed by atoms with Gasteiger partial charge in [-0.25, -0.2) is 4.79 Å². The summed E-state index contributed by atoms with van der Waals surface area (Å²) in [6.07, 6.45) is 2.07. The second-order valence-electron chi connectivity index (χ2n) is 4.92. The summed E-state index contributed by atoms with van der Waals surface area (Å²) in [4.78, 5) is 24.8. The number of carbonyl (C=O) groups is 2. The van der Waals surface area contributed by atoms with Gasteiger partial charge >= 0.3 is 6.03 Å². The summed E-state index contributed by atoms with van der Waals surface area (Å²) < 4.78 is 0. The first-order chi connectivity index (χ1) is 9.99. The molecule has 0 aromatic heterocycles. The van der Waals surface area contributed by atoms with Crippen LogP contribution in [0, 0.1) is 0 Å². The van der Waals surface area contributed by atoms with Crippen LogP contribution in [0.5, 0.6) is 0 Å². The second-order valence-corrected chi connectivity index (χ2v) is 5.70. The first-order valence-electron chi connectivity index (χ1n) is 6.75. The van der Waals surface area contributed by atoms with E-state index in [1.807, 2.05) is 0 Å². The molecule has 21 heavy (non-hydrogen) atoms. The lowest BCUT2D eigenvalue weighted by atomic mass is 10.2. The van der Waals surface area contributed by atoms with Gasteiger partial charge in [-0.05, 0) is 25.0 Å². The largest absolute Gasteiger partial charge is 0.336 e. The minimum absolute atomic E-state index is 0.163. The fraction of sp³-hybridized carbons (Fsp3) is 0.429. The molecule has 1 saturated carbocycles. The molecule has 0 atom stereocenters. The van der Waals surface area contributed by atoms with Crippen LogP contribution in [0.15, 0.2) is 18.2 Å². The van der Waals surface area contributed by atoms with E-state index >= 15 is 0 Å². The van der Waals surface area contributed by atoms with Crippen LogP contribution in [0.4, 0.5) is 10.5 Å². The Labute approximate surface area is 133 Å². The Kier molecular flexibility index (Phi) is 5.31. The second kappa shape index (κ2) is 7.00. The number of anilines is 1. The Hall–Kier alpha value is -1.46. The Morgan fingerprint density at radius 3 is 2.67 bits per heavy atom. The summed E-state index contributed by atoms with van der Waals surface area (Å²) in [6, 6.07) is 5.20. The van der Waals surface area contributed by atoms with E-state index in [1.54, 1.807) is 18.2 Å². The van der Waals surface area contributed by atoms with Gasteiger partial charge in [0.25, 0.3) is 0 Å². The summed E-state index contributed by atoms with van der Waals surface area (Å²) in [5, 5.41) is 6.26. The number of nitrogens with one attached hydrogen (secondary N) is 2. The molecule has 1 fully saturated rings. The number of hydrogen-bond acceptors (Lipinski definition) is 2. The Balaban J connectivity index is 1.94. The molecule has 114 valence electrons. The predicted octanol–water partition coefficient (Wildman–Crippen LogP) is 2.81. The van der Waals surface area contributed by atoms with Gasteiger partial charge in [0.05, 0.1) is 15.7 Å².